The van der Waals surface area contributed by atoms with E-state index in [1.54, 1.807) is 54.6 Å². The fourth-order valence-corrected chi connectivity index (χ4v) is 7.94. The molecule has 2 amide bonds. The molecule has 1 fully saturated rings. The topological polar surface area (TPSA) is 105 Å². The zero-order valence-electron chi connectivity index (χ0n) is 26.8. The van der Waals surface area contributed by atoms with E-state index in [0.29, 0.717) is 40.3 Å². The Bertz CT molecular complexity index is 1890. The highest BCUT2D eigenvalue weighted by atomic mass is 35.5. The summed E-state index contributed by atoms with van der Waals surface area (Å²) in [4.78, 5) is 30.4. The van der Waals surface area contributed by atoms with Crippen molar-refractivity contribution >= 4 is 50.7 Å². The third-order valence-electron chi connectivity index (χ3n) is 8.73. The van der Waals surface area contributed by atoms with Gasteiger partial charge in [-0.3, -0.25) is 13.9 Å². The highest BCUT2D eigenvalue weighted by Crippen LogP contribution is 2.36. The first kappa shape index (κ1) is 34.6. The number of amides is 2. The van der Waals surface area contributed by atoms with Gasteiger partial charge in [0.2, 0.25) is 11.8 Å². The number of halogens is 2. The summed E-state index contributed by atoms with van der Waals surface area (Å²) in [6.07, 6.45) is 3.96. The number of nitrogens with one attached hydrogen (secondary N) is 1. The van der Waals surface area contributed by atoms with Crippen molar-refractivity contribution in [3.05, 3.63) is 118 Å². The maximum absolute atomic E-state index is 14.7. The first-order valence-corrected chi connectivity index (χ1v) is 18.4. The minimum absolute atomic E-state index is 0.000345. The number of benzene rings is 4. The number of carbonyl (C=O) groups is 2. The van der Waals surface area contributed by atoms with Crippen molar-refractivity contribution in [2.24, 2.45) is 0 Å². The van der Waals surface area contributed by atoms with Crippen LogP contribution in [0.1, 0.15) is 36.8 Å². The van der Waals surface area contributed by atoms with Crippen LogP contribution >= 0.6 is 23.2 Å². The lowest BCUT2D eigenvalue weighted by atomic mass is 10.0. The fraction of sp³-hybridized carbons (Fsp3) is 0.297. The van der Waals surface area contributed by atoms with E-state index in [2.05, 4.69) is 5.32 Å². The molecule has 0 radical (unpaired) electrons. The standard InChI is InChI=1S/C37H37Cl2N3O6S/c38-31-17-15-27(21-32(31)39)24-41(33(22-26-9-3-1-4-10-26)37(44)40-28-11-7-8-12-28)36(43)25-42(49(45,46)30-13-5-2-6-14-30)29-16-18-34-35(23-29)48-20-19-47-34/h1-6,9-10,13-18,21,23,28,33H,7-8,11-12,19-20,22,24-25H2,(H,40,44). The van der Waals surface area contributed by atoms with E-state index in [1.807, 2.05) is 30.3 Å². The maximum atomic E-state index is 14.7. The quantitative estimate of drug-likeness (QED) is 0.176. The molecule has 9 nitrogen and oxygen atoms in total. The molecule has 1 heterocycles. The number of anilines is 1. The van der Waals surface area contributed by atoms with Crippen molar-refractivity contribution in [2.75, 3.05) is 24.1 Å². The third-order valence-corrected chi connectivity index (χ3v) is 11.3. The van der Waals surface area contributed by atoms with E-state index in [9.17, 15) is 18.0 Å². The summed E-state index contributed by atoms with van der Waals surface area (Å²) in [5.41, 5.74) is 1.69. The minimum Gasteiger partial charge on any atom is -0.486 e. The molecule has 1 aliphatic heterocycles. The predicted octanol–water partition coefficient (Wildman–Crippen LogP) is 6.66. The number of nitrogens with zero attached hydrogens (tertiary/aromatic N) is 2. The number of carbonyl (C=O) groups excluding carboxylic acids is 2. The van der Waals surface area contributed by atoms with Crippen LogP contribution in [-0.4, -0.2) is 57.0 Å². The van der Waals surface area contributed by atoms with E-state index in [4.69, 9.17) is 32.7 Å². The van der Waals surface area contributed by atoms with Gasteiger partial charge in [0.25, 0.3) is 10.0 Å². The second kappa shape index (κ2) is 15.5. The van der Waals surface area contributed by atoms with Gasteiger partial charge in [0, 0.05) is 25.1 Å². The van der Waals surface area contributed by atoms with Crippen molar-refractivity contribution in [2.45, 2.75) is 55.6 Å². The van der Waals surface area contributed by atoms with Crippen LogP contribution in [0.15, 0.2) is 102 Å². The SMILES string of the molecule is O=C(NC1CCCC1)C(Cc1ccccc1)N(Cc1ccc(Cl)c(Cl)c1)C(=O)CN(c1ccc2c(c1)OCCO2)S(=O)(=O)c1ccccc1. The lowest BCUT2D eigenvalue weighted by Gasteiger charge is -2.34. The molecular weight excluding hydrogens is 685 g/mol. The Morgan fingerprint density at radius 2 is 1.47 bits per heavy atom. The van der Waals surface area contributed by atoms with Crippen LogP contribution in [0.2, 0.25) is 10.0 Å². The van der Waals surface area contributed by atoms with Crippen LogP contribution in [0.25, 0.3) is 0 Å². The predicted molar refractivity (Wildman–Crippen MR) is 190 cm³/mol. The van der Waals surface area contributed by atoms with Crippen molar-refractivity contribution < 1.29 is 27.5 Å². The van der Waals surface area contributed by atoms with Gasteiger partial charge in [-0.05, 0) is 60.4 Å². The van der Waals surface area contributed by atoms with Gasteiger partial charge >= 0.3 is 0 Å². The van der Waals surface area contributed by atoms with Crippen LogP contribution in [0.3, 0.4) is 0 Å². The molecule has 12 heteroatoms. The van der Waals surface area contributed by atoms with Gasteiger partial charge in [0.1, 0.15) is 25.8 Å². The molecule has 0 bridgehead atoms. The molecule has 256 valence electrons. The number of rotatable bonds is 12. The van der Waals surface area contributed by atoms with Crippen molar-refractivity contribution in [3.8, 4) is 11.5 Å². The largest absolute Gasteiger partial charge is 0.486 e. The van der Waals surface area contributed by atoms with E-state index in [-0.39, 0.29) is 35.5 Å². The Labute approximate surface area is 296 Å². The van der Waals surface area contributed by atoms with Crippen LogP contribution in [0.4, 0.5) is 5.69 Å². The maximum Gasteiger partial charge on any atom is 0.264 e. The lowest BCUT2D eigenvalue weighted by molar-refractivity contribution is -0.140. The monoisotopic (exact) mass is 721 g/mol. The molecular formula is C37H37Cl2N3O6S. The molecule has 0 saturated heterocycles. The molecule has 4 aromatic carbocycles. The molecule has 0 spiro atoms. The zero-order chi connectivity index (χ0) is 34.4. The summed E-state index contributed by atoms with van der Waals surface area (Å²) in [5.74, 6) is -0.0370. The Balaban J connectivity index is 1.42. The van der Waals surface area contributed by atoms with Gasteiger partial charge in [-0.2, -0.15) is 0 Å². The highest BCUT2D eigenvalue weighted by molar-refractivity contribution is 7.92. The first-order valence-electron chi connectivity index (χ1n) is 16.2. The summed E-state index contributed by atoms with van der Waals surface area (Å²) in [5, 5.41) is 3.82. The van der Waals surface area contributed by atoms with Gasteiger partial charge in [-0.1, -0.05) is 90.6 Å². The number of ether oxygens (including phenoxy) is 2. The van der Waals surface area contributed by atoms with Crippen LogP contribution in [-0.2, 0) is 32.6 Å². The summed E-state index contributed by atoms with van der Waals surface area (Å²) < 4.78 is 41.1. The Morgan fingerprint density at radius 1 is 0.796 bits per heavy atom. The average Bonchev–Trinajstić information content (AvgIpc) is 3.63. The molecule has 1 aliphatic carbocycles. The molecule has 49 heavy (non-hydrogen) atoms. The van der Waals surface area contributed by atoms with E-state index in [0.717, 1.165) is 35.6 Å². The van der Waals surface area contributed by atoms with Crippen molar-refractivity contribution in [3.63, 3.8) is 0 Å². The number of sulfonamides is 1. The van der Waals surface area contributed by atoms with E-state index in [1.165, 1.54) is 17.0 Å². The molecule has 6 rings (SSSR count). The average molecular weight is 723 g/mol. The minimum atomic E-state index is -4.27. The van der Waals surface area contributed by atoms with Crippen molar-refractivity contribution in [1.29, 1.82) is 0 Å². The summed E-state index contributed by atoms with van der Waals surface area (Å²) in [7, 11) is -4.27. The second-order valence-electron chi connectivity index (χ2n) is 12.1. The van der Waals surface area contributed by atoms with E-state index >= 15 is 0 Å². The number of hydrogen-bond acceptors (Lipinski definition) is 6. The summed E-state index contributed by atoms with van der Waals surface area (Å²) in [6.45, 7) is 0.0492. The molecule has 1 N–H and O–H groups in total. The van der Waals surface area contributed by atoms with Gasteiger partial charge in [0.15, 0.2) is 11.5 Å². The smallest absolute Gasteiger partial charge is 0.264 e. The number of hydrogen-bond donors (Lipinski definition) is 1. The van der Waals surface area contributed by atoms with Crippen LogP contribution in [0, 0.1) is 0 Å². The Hall–Kier alpha value is -4.25. The van der Waals surface area contributed by atoms with Crippen LogP contribution in [0.5, 0.6) is 11.5 Å². The molecule has 0 aromatic heterocycles. The molecule has 1 saturated carbocycles. The van der Waals surface area contributed by atoms with E-state index < -0.39 is 28.5 Å². The third kappa shape index (κ3) is 8.32. The van der Waals surface area contributed by atoms with Crippen molar-refractivity contribution in [1.82, 2.24) is 10.2 Å². The molecule has 4 aromatic rings. The Kier molecular flexibility index (Phi) is 11.0. The molecule has 1 unspecified atom stereocenters. The van der Waals surface area contributed by atoms with Gasteiger partial charge < -0.3 is 19.7 Å². The summed E-state index contributed by atoms with van der Waals surface area (Å²) in [6, 6.07) is 26.2. The molecule has 1 atom stereocenters. The molecule has 2 aliphatic rings. The number of fused-ring (bicyclic) bond motifs is 1. The first-order chi connectivity index (χ1) is 23.7. The van der Waals surface area contributed by atoms with Gasteiger partial charge in [0.05, 0.1) is 20.6 Å². The fourth-order valence-electron chi connectivity index (χ4n) is 6.19. The van der Waals surface area contributed by atoms with Crippen LogP contribution < -0.4 is 19.1 Å². The second-order valence-corrected chi connectivity index (χ2v) is 14.8. The summed E-state index contributed by atoms with van der Waals surface area (Å²) >= 11 is 12.6. The van der Waals surface area contributed by atoms with Gasteiger partial charge in [-0.15, -0.1) is 0 Å². The Morgan fingerprint density at radius 3 is 2.16 bits per heavy atom. The lowest BCUT2D eigenvalue weighted by Crippen LogP contribution is -2.54. The highest BCUT2D eigenvalue weighted by Gasteiger charge is 2.36. The van der Waals surface area contributed by atoms with Gasteiger partial charge in [-0.25, -0.2) is 8.42 Å². The normalized spacial score (nSPS) is 15.0. The zero-order valence-corrected chi connectivity index (χ0v) is 29.1.